The Morgan fingerprint density at radius 1 is 1.21 bits per heavy atom. The number of nitrogens with zero attached hydrogens (tertiary/aromatic N) is 2. The van der Waals surface area contributed by atoms with Crippen molar-refractivity contribution in [2.75, 3.05) is 24.5 Å². The molecule has 0 aliphatic rings. The minimum atomic E-state index is -0.0813. The second-order valence-electron chi connectivity index (χ2n) is 4.54. The molecule has 0 unspecified atom stereocenters. The number of aromatic nitrogens is 1. The molecule has 1 aromatic heterocycles. The van der Waals surface area contributed by atoms with Crippen molar-refractivity contribution in [2.24, 2.45) is 0 Å². The molecule has 0 bridgehead atoms. The van der Waals surface area contributed by atoms with Crippen molar-refractivity contribution in [3.05, 3.63) is 24.0 Å². The van der Waals surface area contributed by atoms with E-state index in [4.69, 9.17) is 0 Å². The smallest absolute Gasteiger partial charge is 0.269 e. The van der Waals surface area contributed by atoms with Gasteiger partial charge in [0.25, 0.3) is 5.91 Å². The van der Waals surface area contributed by atoms with Crippen LogP contribution in [0.15, 0.2) is 18.3 Å². The van der Waals surface area contributed by atoms with E-state index < -0.39 is 0 Å². The molecule has 1 aromatic rings. The minimum Gasteiger partial charge on any atom is -0.371 e. The van der Waals surface area contributed by atoms with E-state index >= 15 is 0 Å². The number of rotatable bonds is 8. The lowest BCUT2D eigenvalue weighted by molar-refractivity contribution is 0.0948. The van der Waals surface area contributed by atoms with E-state index in [0.29, 0.717) is 5.69 Å². The van der Waals surface area contributed by atoms with Gasteiger partial charge >= 0.3 is 0 Å². The summed E-state index contributed by atoms with van der Waals surface area (Å²) in [6, 6.07) is 3.75. The fraction of sp³-hybridized carbons (Fsp3) is 0.600. The van der Waals surface area contributed by atoms with Gasteiger partial charge in [0, 0.05) is 19.6 Å². The lowest BCUT2D eigenvalue weighted by Crippen LogP contribution is -2.26. The highest BCUT2D eigenvalue weighted by molar-refractivity contribution is 5.92. The van der Waals surface area contributed by atoms with Crippen LogP contribution in [-0.2, 0) is 0 Å². The highest BCUT2D eigenvalue weighted by Gasteiger charge is 2.07. The number of hydrogen-bond donors (Lipinski definition) is 1. The first kappa shape index (κ1) is 15.5. The van der Waals surface area contributed by atoms with Gasteiger partial charge in [0.1, 0.15) is 5.69 Å². The highest BCUT2D eigenvalue weighted by atomic mass is 16.1. The zero-order valence-corrected chi connectivity index (χ0v) is 12.3. The van der Waals surface area contributed by atoms with E-state index in [0.717, 1.165) is 44.6 Å². The van der Waals surface area contributed by atoms with Crippen molar-refractivity contribution in [1.29, 1.82) is 0 Å². The Labute approximate surface area is 116 Å². The van der Waals surface area contributed by atoms with Gasteiger partial charge in [-0.2, -0.15) is 0 Å². The van der Waals surface area contributed by atoms with Crippen molar-refractivity contribution in [1.82, 2.24) is 10.3 Å². The Morgan fingerprint density at radius 2 is 1.95 bits per heavy atom. The molecule has 1 heterocycles. The predicted octanol–water partition coefficient (Wildman–Crippen LogP) is 2.85. The molecule has 4 heteroatoms. The van der Waals surface area contributed by atoms with Crippen LogP contribution < -0.4 is 10.2 Å². The van der Waals surface area contributed by atoms with Gasteiger partial charge in [0.2, 0.25) is 0 Å². The molecule has 19 heavy (non-hydrogen) atoms. The van der Waals surface area contributed by atoms with Crippen LogP contribution in [0.4, 0.5) is 5.69 Å². The molecule has 106 valence electrons. The van der Waals surface area contributed by atoms with E-state index in [1.54, 1.807) is 12.3 Å². The Balaban J connectivity index is 2.53. The molecule has 0 aliphatic heterocycles. The van der Waals surface area contributed by atoms with E-state index in [1.807, 2.05) is 6.07 Å². The molecule has 1 N–H and O–H groups in total. The maximum atomic E-state index is 11.8. The first-order valence-electron chi connectivity index (χ1n) is 7.22. The summed E-state index contributed by atoms with van der Waals surface area (Å²) in [4.78, 5) is 18.3. The molecule has 0 radical (unpaired) electrons. The molecular weight excluding hydrogens is 238 g/mol. The molecule has 0 aromatic carbocycles. The molecule has 0 saturated heterocycles. The summed E-state index contributed by atoms with van der Waals surface area (Å²) < 4.78 is 0. The van der Waals surface area contributed by atoms with Crippen molar-refractivity contribution in [3.63, 3.8) is 0 Å². The molecular formula is C15H25N3O. The van der Waals surface area contributed by atoms with Gasteiger partial charge in [-0.25, -0.2) is 4.98 Å². The fourth-order valence-electron chi connectivity index (χ4n) is 1.96. The number of hydrogen-bond acceptors (Lipinski definition) is 3. The van der Waals surface area contributed by atoms with Crippen LogP contribution in [0.3, 0.4) is 0 Å². The molecule has 0 atom stereocenters. The predicted molar refractivity (Wildman–Crippen MR) is 79.7 cm³/mol. The van der Waals surface area contributed by atoms with Crippen LogP contribution >= 0.6 is 0 Å². The summed E-state index contributed by atoms with van der Waals surface area (Å²) in [6.07, 6.45) is 5.11. The number of unbranched alkanes of at least 4 members (excludes halogenated alkanes) is 2. The van der Waals surface area contributed by atoms with E-state index in [1.165, 1.54) is 0 Å². The number of nitrogens with one attached hydrogen (secondary N) is 1. The summed E-state index contributed by atoms with van der Waals surface area (Å²) in [5.41, 5.74) is 1.56. The van der Waals surface area contributed by atoms with Gasteiger partial charge in [-0.3, -0.25) is 4.79 Å². The molecule has 0 spiro atoms. The van der Waals surface area contributed by atoms with Crippen LogP contribution in [0.2, 0.25) is 0 Å². The van der Waals surface area contributed by atoms with Crippen LogP contribution in [-0.4, -0.2) is 30.5 Å². The van der Waals surface area contributed by atoms with Gasteiger partial charge in [-0.1, -0.05) is 19.8 Å². The van der Waals surface area contributed by atoms with Crippen molar-refractivity contribution in [2.45, 2.75) is 40.0 Å². The standard InChI is InChI=1S/C15H25N3O/c1-4-7-8-11-16-15(19)14-10-9-13(12-17-14)18(5-2)6-3/h9-10,12H,4-8,11H2,1-3H3,(H,16,19). The molecule has 0 aliphatic carbocycles. The van der Waals surface area contributed by atoms with Crippen molar-refractivity contribution >= 4 is 11.6 Å². The van der Waals surface area contributed by atoms with Gasteiger partial charge in [0.05, 0.1) is 11.9 Å². The van der Waals surface area contributed by atoms with E-state index in [9.17, 15) is 4.79 Å². The third-order valence-corrected chi connectivity index (χ3v) is 3.17. The zero-order valence-electron chi connectivity index (χ0n) is 12.3. The maximum absolute atomic E-state index is 11.8. The maximum Gasteiger partial charge on any atom is 0.269 e. The quantitative estimate of drug-likeness (QED) is 0.734. The van der Waals surface area contributed by atoms with Gasteiger partial charge in [-0.05, 0) is 32.4 Å². The normalized spacial score (nSPS) is 10.3. The second kappa shape index (κ2) is 8.51. The Kier molecular flexibility index (Phi) is 6.93. The Bertz CT molecular complexity index is 371. The summed E-state index contributed by atoms with van der Waals surface area (Å²) in [6.45, 7) is 8.98. The SMILES string of the molecule is CCCCCNC(=O)c1ccc(N(CC)CC)cn1. The van der Waals surface area contributed by atoms with Crippen LogP contribution in [0.5, 0.6) is 0 Å². The number of anilines is 1. The van der Waals surface area contributed by atoms with Gasteiger partial charge in [0.15, 0.2) is 0 Å². The van der Waals surface area contributed by atoms with E-state index in [-0.39, 0.29) is 5.91 Å². The summed E-state index contributed by atoms with van der Waals surface area (Å²) in [5, 5.41) is 2.90. The van der Waals surface area contributed by atoms with E-state index in [2.05, 4.69) is 36.0 Å². The summed E-state index contributed by atoms with van der Waals surface area (Å²) >= 11 is 0. The summed E-state index contributed by atoms with van der Waals surface area (Å²) in [7, 11) is 0. The Morgan fingerprint density at radius 3 is 2.47 bits per heavy atom. The topological polar surface area (TPSA) is 45.2 Å². The third kappa shape index (κ3) is 4.89. The average Bonchev–Trinajstić information content (AvgIpc) is 2.45. The second-order valence-corrected chi connectivity index (χ2v) is 4.54. The zero-order chi connectivity index (χ0) is 14.1. The number of amides is 1. The van der Waals surface area contributed by atoms with Crippen molar-refractivity contribution in [3.8, 4) is 0 Å². The van der Waals surface area contributed by atoms with Crippen LogP contribution in [0.25, 0.3) is 0 Å². The average molecular weight is 263 g/mol. The first-order valence-corrected chi connectivity index (χ1v) is 7.22. The monoisotopic (exact) mass is 263 g/mol. The lowest BCUT2D eigenvalue weighted by Gasteiger charge is -2.20. The first-order chi connectivity index (χ1) is 9.22. The molecule has 4 nitrogen and oxygen atoms in total. The molecule has 0 fully saturated rings. The lowest BCUT2D eigenvalue weighted by atomic mass is 10.2. The van der Waals surface area contributed by atoms with Crippen molar-refractivity contribution < 1.29 is 4.79 Å². The minimum absolute atomic E-state index is 0.0813. The number of carbonyl (C=O) groups excluding carboxylic acids is 1. The van der Waals surface area contributed by atoms with Gasteiger partial charge in [-0.15, -0.1) is 0 Å². The number of carbonyl (C=O) groups is 1. The highest BCUT2D eigenvalue weighted by Crippen LogP contribution is 2.12. The molecule has 1 amide bonds. The Hall–Kier alpha value is -1.58. The van der Waals surface area contributed by atoms with Gasteiger partial charge < -0.3 is 10.2 Å². The number of pyridine rings is 1. The third-order valence-electron chi connectivity index (χ3n) is 3.17. The molecule has 1 rings (SSSR count). The molecule has 0 saturated carbocycles. The van der Waals surface area contributed by atoms with Crippen LogP contribution in [0, 0.1) is 0 Å². The summed E-state index contributed by atoms with van der Waals surface area (Å²) in [5.74, 6) is -0.0813. The van der Waals surface area contributed by atoms with Crippen LogP contribution in [0.1, 0.15) is 50.5 Å². The fourth-order valence-corrected chi connectivity index (χ4v) is 1.96. The largest absolute Gasteiger partial charge is 0.371 e.